The number of ether oxygens (including phenoxy) is 2. The Kier molecular flexibility index (Phi) is 3.57. The van der Waals surface area contributed by atoms with E-state index in [4.69, 9.17) is 19.7 Å². The van der Waals surface area contributed by atoms with E-state index in [1.54, 1.807) is 18.2 Å². The Bertz CT molecular complexity index is 617. The molecular weight excluding hydrogens is 263 g/mol. The summed E-state index contributed by atoms with van der Waals surface area (Å²) in [6, 6.07) is 4.79. The zero-order chi connectivity index (χ0) is 14.9. The van der Waals surface area contributed by atoms with Crippen molar-refractivity contribution in [2.45, 2.75) is 19.5 Å². The van der Waals surface area contributed by atoms with Crippen LogP contribution in [-0.2, 0) is 5.67 Å². The summed E-state index contributed by atoms with van der Waals surface area (Å²) in [5, 5.41) is 3.63. The molecule has 0 amide bonds. The van der Waals surface area contributed by atoms with Gasteiger partial charge >= 0.3 is 0 Å². The van der Waals surface area contributed by atoms with Crippen LogP contribution in [0.2, 0.25) is 0 Å². The maximum Gasteiger partial charge on any atom is 0.172 e. The molecule has 0 aliphatic carbocycles. The van der Waals surface area contributed by atoms with E-state index in [0.29, 0.717) is 28.4 Å². The molecule has 0 saturated heterocycles. The number of rotatable bonds is 4. The average Bonchev–Trinajstić information content (AvgIpc) is 2.82. The Morgan fingerprint density at radius 2 is 1.90 bits per heavy atom. The van der Waals surface area contributed by atoms with Gasteiger partial charge in [0.15, 0.2) is 23.1 Å². The fourth-order valence-electron chi connectivity index (χ4n) is 1.91. The van der Waals surface area contributed by atoms with E-state index in [1.807, 2.05) is 0 Å². The molecule has 1 aromatic carbocycles. The summed E-state index contributed by atoms with van der Waals surface area (Å²) in [7, 11) is 2.99. The van der Waals surface area contributed by atoms with E-state index in [-0.39, 0.29) is 5.82 Å². The number of alkyl halides is 1. The van der Waals surface area contributed by atoms with Gasteiger partial charge in [0, 0.05) is 6.07 Å². The van der Waals surface area contributed by atoms with E-state index >= 15 is 0 Å². The molecule has 1 aromatic heterocycles. The second-order valence-electron chi connectivity index (χ2n) is 4.85. The standard InChI is InChI=1S/C14H17FN2O3/c1-14(2,15)8-5-9(10-7-12(16)17-20-10)13(19-4)11(6-8)18-3/h5-7H,1-4H3,(H2,16,17). The van der Waals surface area contributed by atoms with Crippen molar-refractivity contribution in [1.29, 1.82) is 0 Å². The van der Waals surface area contributed by atoms with Crippen LogP contribution in [0.3, 0.4) is 0 Å². The first-order valence-corrected chi connectivity index (χ1v) is 6.04. The molecule has 0 atom stereocenters. The van der Waals surface area contributed by atoms with Crippen LogP contribution in [0.5, 0.6) is 11.5 Å². The lowest BCUT2D eigenvalue weighted by molar-refractivity contribution is 0.220. The summed E-state index contributed by atoms with van der Waals surface area (Å²) >= 11 is 0. The number of nitrogens with zero attached hydrogens (tertiary/aromatic N) is 1. The molecule has 0 spiro atoms. The third-order valence-electron chi connectivity index (χ3n) is 2.96. The first-order valence-electron chi connectivity index (χ1n) is 6.04. The number of nitrogen functional groups attached to an aromatic ring is 1. The minimum absolute atomic E-state index is 0.242. The normalized spacial score (nSPS) is 11.4. The van der Waals surface area contributed by atoms with Crippen LogP contribution in [0.4, 0.5) is 10.2 Å². The monoisotopic (exact) mass is 280 g/mol. The quantitative estimate of drug-likeness (QED) is 0.931. The molecule has 0 unspecified atom stereocenters. The number of halogens is 1. The van der Waals surface area contributed by atoms with Gasteiger partial charge in [-0.1, -0.05) is 5.16 Å². The number of anilines is 1. The summed E-state index contributed by atoms with van der Waals surface area (Å²) < 4.78 is 29.9. The molecule has 0 fully saturated rings. The smallest absolute Gasteiger partial charge is 0.172 e. The van der Waals surface area contributed by atoms with Gasteiger partial charge in [0.2, 0.25) is 0 Å². The molecular formula is C14H17FN2O3. The predicted octanol–water partition coefficient (Wildman–Crippen LogP) is 3.15. The average molecular weight is 280 g/mol. The van der Waals surface area contributed by atoms with Gasteiger partial charge in [0.25, 0.3) is 0 Å². The molecule has 1 heterocycles. The highest BCUT2D eigenvalue weighted by atomic mass is 19.1. The van der Waals surface area contributed by atoms with Crippen LogP contribution in [0.25, 0.3) is 11.3 Å². The molecule has 2 rings (SSSR count). The molecule has 0 radical (unpaired) electrons. The fourth-order valence-corrected chi connectivity index (χ4v) is 1.91. The van der Waals surface area contributed by atoms with Gasteiger partial charge in [0.1, 0.15) is 5.67 Å². The highest BCUT2D eigenvalue weighted by Crippen LogP contribution is 2.42. The van der Waals surface area contributed by atoms with Gasteiger partial charge in [-0.15, -0.1) is 0 Å². The van der Waals surface area contributed by atoms with E-state index in [9.17, 15) is 4.39 Å². The van der Waals surface area contributed by atoms with Crippen LogP contribution in [0.15, 0.2) is 22.7 Å². The van der Waals surface area contributed by atoms with E-state index in [0.717, 1.165) is 0 Å². The van der Waals surface area contributed by atoms with Gasteiger partial charge < -0.3 is 19.7 Å². The Morgan fingerprint density at radius 3 is 2.35 bits per heavy atom. The third-order valence-corrected chi connectivity index (χ3v) is 2.96. The lowest BCUT2D eigenvalue weighted by atomic mass is 9.96. The summed E-state index contributed by atoms with van der Waals surface area (Å²) in [4.78, 5) is 0. The van der Waals surface area contributed by atoms with Crippen molar-refractivity contribution in [2.75, 3.05) is 20.0 Å². The van der Waals surface area contributed by atoms with Crippen molar-refractivity contribution in [3.05, 3.63) is 23.8 Å². The molecule has 2 N–H and O–H groups in total. The van der Waals surface area contributed by atoms with Crippen LogP contribution in [-0.4, -0.2) is 19.4 Å². The second-order valence-corrected chi connectivity index (χ2v) is 4.85. The SMILES string of the molecule is COc1cc(C(C)(C)F)cc(-c2cc(N)no2)c1OC. The summed E-state index contributed by atoms with van der Waals surface area (Å²) in [5.74, 6) is 1.49. The first-order chi connectivity index (χ1) is 9.36. The van der Waals surface area contributed by atoms with Crippen molar-refractivity contribution >= 4 is 5.82 Å². The maximum absolute atomic E-state index is 14.2. The molecule has 2 aromatic rings. The lowest BCUT2D eigenvalue weighted by Crippen LogP contribution is -2.10. The maximum atomic E-state index is 14.2. The molecule has 0 aliphatic rings. The number of methoxy groups -OCH3 is 2. The summed E-state index contributed by atoms with van der Waals surface area (Å²) in [6.07, 6.45) is 0. The highest BCUT2D eigenvalue weighted by molar-refractivity contribution is 5.72. The fraction of sp³-hybridized carbons (Fsp3) is 0.357. The number of nitrogens with two attached hydrogens (primary N) is 1. The van der Waals surface area contributed by atoms with Gasteiger partial charge in [-0.05, 0) is 31.5 Å². The molecule has 0 bridgehead atoms. The molecule has 108 valence electrons. The third kappa shape index (κ3) is 2.54. The van der Waals surface area contributed by atoms with Crippen molar-refractivity contribution in [3.8, 4) is 22.8 Å². The largest absolute Gasteiger partial charge is 0.493 e. The Morgan fingerprint density at radius 1 is 1.20 bits per heavy atom. The molecule has 5 nitrogen and oxygen atoms in total. The Balaban J connectivity index is 2.69. The van der Waals surface area contributed by atoms with Crippen molar-refractivity contribution < 1.29 is 18.4 Å². The van der Waals surface area contributed by atoms with Crippen LogP contribution in [0.1, 0.15) is 19.4 Å². The summed E-state index contributed by atoms with van der Waals surface area (Å²) in [6.45, 7) is 2.93. The van der Waals surface area contributed by atoms with Gasteiger partial charge in [0.05, 0.1) is 19.8 Å². The van der Waals surface area contributed by atoms with Crippen molar-refractivity contribution in [1.82, 2.24) is 5.16 Å². The van der Waals surface area contributed by atoms with Crippen molar-refractivity contribution in [2.24, 2.45) is 0 Å². The topological polar surface area (TPSA) is 70.5 Å². The first kappa shape index (κ1) is 14.2. The van der Waals surface area contributed by atoms with Gasteiger partial charge in [-0.3, -0.25) is 0 Å². The second kappa shape index (κ2) is 5.03. The molecule has 20 heavy (non-hydrogen) atoms. The molecule has 0 aliphatic heterocycles. The number of aromatic nitrogens is 1. The van der Waals surface area contributed by atoms with Crippen LogP contribution in [0, 0.1) is 0 Å². The predicted molar refractivity (Wildman–Crippen MR) is 73.6 cm³/mol. The Labute approximate surface area is 116 Å². The highest BCUT2D eigenvalue weighted by Gasteiger charge is 2.25. The van der Waals surface area contributed by atoms with Crippen LogP contribution < -0.4 is 15.2 Å². The molecule has 6 heteroatoms. The lowest BCUT2D eigenvalue weighted by Gasteiger charge is -2.19. The van der Waals surface area contributed by atoms with E-state index in [1.165, 1.54) is 28.1 Å². The number of hydrogen-bond acceptors (Lipinski definition) is 5. The zero-order valence-corrected chi connectivity index (χ0v) is 11.9. The van der Waals surface area contributed by atoms with E-state index < -0.39 is 5.67 Å². The minimum atomic E-state index is -1.53. The number of benzene rings is 1. The van der Waals surface area contributed by atoms with Gasteiger partial charge in [-0.2, -0.15) is 0 Å². The number of hydrogen-bond donors (Lipinski definition) is 1. The summed E-state index contributed by atoms with van der Waals surface area (Å²) in [5.41, 5.74) is 5.01. The van der Waals surface area contributed by atoms with Crippen molar-refractivity contribution in [3.63, 3.8) is 0 Å². The Hall–Kier alpha value is -2.24. The van der Waals surface area contributed by atoms with E-state index in [2.05, 4.69) is 5.16 Å². The zero-order valence-electron chi connectivity index (χ0n) is 11.9. The van der Waals surface area contributed by atoms with Crippen LogP contribution >= 0.6 is 0 Å². The molecule has 0 saturated carbocycles. The minimum Gasteiger partial charge on any atom is -0.493 e. The van der Waals surface area contributed by atoms with Gasteiger partial charge in [-0.25, -0.2) is 4.39 Å².